The summed E-state index contributed by atoms with van der Waals surface area (Å²) >= 11 is 0. The summed E-state index contributed by atoms with van der Waals surface area (Å²) in [6.07, 6.45) is 5.15. The van der Waals surface area contributed by atoms with E-state index in [-0.39, 0.29) is 5.54 Å². The van der Waals surface area contributed by atoms with Crippen LogP contribution in [0.25, 0.3) is 0 Å². The molecular formula is C10H24N2. The Labute approximate surface area is 77.1 Å². The Balaban J connectivity index is 3.38. The fraction of sp³-hybridized carbons (Fsp3) is 1.00. The van der Waals surface area contributed by atoms with Gasteiger partial charge in [-0.1, -0.05) is 26.2 Å². The third-order valence-corrected chi connectivity index (χ3v) is 2.11. The zero-order valence-electron chi connectivity index (χ0n) is 9.06. The lowest BCUT2D eigenvalue weighted by atomic mass is 10.1. The Hall–Kier alpha value is -0.0800. The predicted octanol–water partition coefficient (Wildman–Crippen LogP) is 2.54. The van der Waals surface area contributed by atoms with E-state index >= 15 is 0 Å². The van der Waals surface area contributed by atoms with Crippen molar-refractivity contribution < 1.29 is 0 Å². The monoisotopic (exact) mass is 172 g/mol. The van der Waals surface area contributed by atoms with Crippen molar-refractivity contribution in [3.05, 3.63) is 0 Å². The first kappa shape index (κ1) is 11.9. The van der Waals surface area contributed by atoms with Crippen LogP contribution in [0.5, 0.6) is 0 Å². The second-order valence-electron chi connectivity index (χ2n) is 4.42. The van der Waals surface area contributed by atoms with Crippen molar-refractivity contribution in [2.75, 3.05) is 6.54 Å². The fourth-order valence-electron chi connectivity index (χ4n) is 1.04. The molecule has 0 aliphatic carbocycles. The molecule has 0 atom stereocenters. The summed E-state index contributed by atoms with van der Waals surface area (Å²) in [6.45, 7) is 9.68. The molecule has 0 amide bonds. The number of unbranched alkanes of at least 4 members (excludes halogenated alkanes) is 3. The second-order valence-corrected chi connectivity index (χ2v) is 4.42. The van der Waals surface area contributed by atoms with E-state index in [0.29, 0.717) is 0 Å². The maximum atomic E-state index is 5.87. The Bertz CT molecular complexity index is 105. The second kappa shape index (κ2) is 5.55. The van der Waals surface area contributed by atoms with Gasteiger partial charge in [-0.15, -0.1) is 0 Å². The summed E-state index contributed by atoms with van der Waals surface area (Å²) in [5.41, 5.74) is 0.117. The molecule has 0 spiro atoms. The van der Waals surface area contributed by atoms with Crippen molar-refractivity contribution in [1.29, 1.82) is 0 Å². The van der Waals surface area contributed by atoms with Crippen LogP contribution in [0.3, 0.4) is 0 Å². The van der Waals surface area contributed by atoms with Gasteiger partial charge in [0.05, 0.1) is 0 Å². The van der Waals surface area contributed by atoms with Crippen LogP contribution in [0.2, 0.25) is 0 Å². The summed E-state index contributed by atoms with van der Waals surface area (Å²) < 4.78 is 0. The van der Waals surface area contributed by atoms with E-state index in [9.17, 15) is 0 Å². The van der Waals surface area contributed by atoms with Crippen LogP contribution >= 0.6 is 0 Å². The van der Waals surface area contributed by atoms with Crippen LogP contribution in [0.15, 0.2) is 0 Å². The van der Waals surface area contributed by atoms with Crippen molar-refractivity contribution in [2.24, 2.45) is 5.84 Å². The van der Waals surface area contributed by atoms with Crippen LogP contribution < -0.4 is 5.84 Å². The van der Waals surface area contributed by atoms with Gasteiger partial charge in [-0.2, -0.15) is 0 Å². The third-order valence-electron chi connectivity index (χ3n) is 2.11. The van der Waals surface area contributed by atoms with Gasteiger partial charge in [0.25, 0.3) is 0 Å². The van der Waals surface area contributed by atoms with Crippen molar-refractivity contribution in [3.63, 3.8) is 0 Å². The summed E-state index contributed by atoms with van der Waals surface area (Å²) in [4.78, 5) is 0. The average Bonchev–Trinajstić information content (AvgIpc) is 1.96. The van der Waals surface area contributed by atoms with Crippen molar-refractivity contribution in [2.45, 2.75) is 58.9 Å². The van der Waals surface area contributed by atoms with E-state index in [2.05, 4.69) is 27.7 Å². The largest absolute Gasteiger partial charge is 0.268 e. The highest BCUT2D eigenvalue weighted by molar-refractivity contribution is 4.70. The van der Waals surface area contributed by atoms with Gasteiger partial charge in [0.15, 0.2) is 0 Å². The van der Waals surface area contributed by atoms with Gasteiger partial charge in [0.2, 0.25) is 0 Å². The minimum Gasteiger partial charge on any atom is -0.268 e. The molecule has 0 aliphatic heterocycles. The summed E-state index contributed by atoms with van der Waals surface area (Å²) in [5.74, 6) is 5.87. The molecule has 0 fully saturated rings. The van der Waals surface area contributed by atoms with Crippen LogP contribution in [0.4, 0.5) is 0 Å². The molecule has 0 heterocycles. The molecule has 0 saturated carbocycles. The lowest BCUT2D eigenvalue weighted by Gasteiger charge is -2.31. The molecule has 74 valence electrons. The van der Waals surface area contributed by atoms with Gasteiger partial charge in [0.1, 0.15) is 0 Å². The Morgan fingerprint density at radius 1 is 1.08 bits per heavy atom. The number of rotatable bonds is 5. The minimum atomic E-state index is 0.117. The topological polar surface area (TPSA) is 29.3 Å². The quantitative estimate of drug-likeness (QED) is 0.392. The smallest absolute Gasteiger partial charge is 0.0267 e. The maximum Gasteiger partial charge on any atom is 0.0267 e. The fourth-order valence-corrected chi connectivity index (χ4v) is 1.04. The molecule has 0 radical (unpaired) electrons. The number of hydrazine groups is 1. The molecule has 0 bridgehead atoms. The molecule has 12 heavy (non-hydrogen) atoms. The lowest BCUT2D eigenvalue weighted by Crippen LogP contribution is -2.46. The molecule has 0 rings (SSSR count). The molecule has 0 unspecified atom stereocenters. The highest BCUT2D eigenvalue weighted by atomic mass is 15.4. The van der Waals surface area contributed by atoms with Gasteiger partial charge in [-0.05, 0) is 27.2 Å². The minimum absolute atomic E-state index is 0.117. The molecule has 2 N–H and O–H groups in total. The highest BCUT2D eigenvalue weighted by Gasteiger charge is 2.16. The van der Waals surface area contributed by atoms with E-state index < -0.39 is 0 Å². The molecule has 2 heteroatoms. The van der Waals surface area contributed by atoms with Crippen LogP contribution in [0.1, 0.15) is 53.4 Å². The molecular weight excluding hydrogens is 148 g/mol. The zero-order valence-corrected chi connectivity index (χ0v) is 9.06. The van der Waals surface area contributed by atoms with E-state index in [0.717, 1.165) is 6.54 Å². The Kier molecular flexibility index (Phi) is 5.51. The molecule has 0 saturated heterocycles. The van der Waals surface area contributed by atoms with E-state index in [1.54, 1.807) is 0 Å². The maximum absolute atomic E-state index is 5.87. The average molecular weight is 172 g/mol. The number of nitrogens with two attached hydrogens (primary N) is 1. The van der Waals surface area contributed by atoms with E-state index in [4.69, 9.17) is 5.84 Å². The summed E-state index contributed by atoms with van der Waals surface area (Å²) in [7, 11) is 0. The molecule has 0 aromatic rings. The lowest BCUT2D eigenvalue weighted by molar-refractivity contribution is 0.135. The van der Waals surface area contributed by atoms with Crippen LogP contribution in [0, 0.1) is 0 Å². The van der Waals surface area contributed by atoms with Crippen molar-refractivity contribution >= 4 is 0 Å². The number of hydrogen-bond donors (Lipinski definition) is 1. The van der Waals surface area contributed by atoms with Gasteiger partial charge in [-0.3, -0.25) is 5.84 Å². The summed E-state index contributed by atoms with van der Waals surface area (Å²) in [5, 5.41) is 1.93. The van der Waals surface area contributed by atoms with Gasteiger partial charge < -0.3 is 0 Å². The van der Waals surface area contributed by atoms with Crippen molar-refractivity contribution in [3.8, 4) is 0 Å². The zero-order chi connectivity index (χ0) is 9.61. The standard InChI is InChI=1S/C10H24N2/c1-5-6-7-8-9-12(11)10(2,3)4/h5-9,11H2,1-4H3. The van der Waals surface area contributed by atoms with Gasteiger partial charge in [0, 0.05) is 12.1 Å². The Morgan fingerprint density at radius 2 is 1.67 bits per heavy atom. The SMILES string of the molecule is CCCCCCN(N)C(C)(C)C. The van der Waals surface area contributed by atoms with Crippen LogP contribution in [-0.4, -0.2) is 17.1 Å². The van der Waals surface area contributed by atoms with E-state index in [1.165, 1.54) is 25.7 Å². The molecule has 0 aromatic heterocycles. The molecule has 0 aromatic carbocycles. The predicted molar refractivity (Wildman–Crippen MR) is 54.8 cm³/mol. The summed E-state index contributed by atoms with van der Waals surface area (Å²) in [6, 6.07) is 0. The molecule has 0 aliphatic rings. The molecule has 2 nitrogen and oxygen atoms in total. The van der Waals surface area contributed by atoms with E-state index in [1.807, 2.05) is 5.01 Å². The number of hydrogen-bond acceptors (Lipinski definition) is 2. The first-order chi connectivity index (χ1) is 5.48. The normalized spacial score (nSPS) is 12.5. The third kappa shape index (κ3) is 5.56. The van der Waals surface area contributed by atoms with Crippen molar-refractivity contribution in [1.82, 2.24) is 5.01 Å². The van der Waals surface area contributed by atoms with Gasteiger partial charge in [-0.25, -0.2) is 5.01 Å². The van der Waals surface area contributed by atoms with Gasteiger partial charge >= 0.3 is 0 Å². The van der Waals surface area contributed by atoms with Crippen LogP contribution in [-0.2, 0) is 0 Å². The number of nitrogens with zero attached hydrogens (tertiary/aromatic N) is 1. The highest BCUT2D eigenvalue weighted by Crippen LogP contribution is 2.09. The first-order valence-electron chi connectivity index (χ1n) is 5.01. The Morgan fingerprint density at radius 3 is 2.08 bits per heavy atom. The first-order valence-corrected chi connectivity index (χ1v) is 5.01.